The van der Waals surface area contributed by atoms with Crippen LogP contribution in [0.5, 0.6) is 0 Å². The maximum absolute atomic E-state index is 5.77. The molecular weight excluding hydrogens is 290 g/mol. The molecule has 2 N–H and O–H groups in total. The van der Waals surface area contributed by atoms with Crippen molar-refractivity contribution in [3.8, 4) is 0 Å². The van der Waals surface area contributed by atoms with E-state index >= 15 is 0 Å². The van der Waals surface area contributed by atoms with Crippen LogP contribution in [0, 0.1) is 0 Å². The van der Waals surface area contributed by atoms with Gasteiger partial charge in [-0.1, -0.05) is 6.92 Å². The molecule has 0 amide bonds. The monoisotopic (exact) mass is 321 g/mol. The van der Waals surface area contributed by atoms with E-state index in [-0.39, 0.29) is 0 Å². The fourth-order valence-electron chi connectivity index (χ4n) is 2.73. The summed E-state index contributed by atoms with van der Waals surface area (Å²) in [6.45, 7) is 5.70. The number of hydrogen-bond donors (Lipinski definition) is 2. The predicted molar refractivity (Wildman–Crippen MR) is 93.8 cm³/mol. The summed E-state index contributed by atoms with van der Waals surface area (Å²) in [5.74, 6) is 1.91. The summed E-state index contributed by atoms with van der Waals surface area (Å²) in [4.78, 5) is 4.58. The molecule has 0 aromatic carbocycles. The Hall–Kier alpha value is -1.49. The van der Waals surface area contributed by atoms with E-state index in [1.807, 2.05) is 12.1 Å². The summed E-state index contributed by atoms with van der Waals surface area (Å²) < 4.78 is 11.1. The summed E-state index contributed by atoms with van der Waals surface area (Å²) in [7, 11) is 0. The molecule has 1 aromatic heterocycles. The lowest BCUT2D eigenvalue weighted by Crippen LogP contribution is -2.39. The van der Waals surface area contributed by atoms with Crippen molar-refractivity contribution in [2.24, 2.45) is 4.99 Å². The van der Waals surface area contributed by atoms with Gasteiger partial charge >= 0.3 is 0 Å². The topological polar surface area (TPSA) is 58.8 Å². The fraction of sp³-hybridized carbons (Fsp3) is 0.722. The Morgan fingerprint density at radius 1 is 1.30 bits per heavy atom. The first kappa shape index (κ1) is 17.9. The molecule has 1 saturated heterocycles. The van der Waals surface area contributed by atoms with E-state index in [4.69, 9.17) is 9.15 Å². The average molecular weight is 321 g/mol. The maximum Gasteiger partial charge on any atom is 0.191 e. The quantitative estimate of drug-likeness (QED) is 0.417. The van der Waals surface area contributed by atoms with E-state index in [0.717, 1.165) is 63.6 Å². The third kappa shape index (κ3) is 7.55. The Labute approximate surface area is 139 Å². The van der Waals surface area contributed by atoms with Crippen LogP contribution in [0.25, 0.3) is 0 Å². The van der Waals surface area contributed by atoms with Gasteiger partial charge in [0.05, 0.1) is 12.4 Å². The third-order valence-corrected chi connectivity index (χ3v) is 4.01. The molecule has 1 unspecified atom stereocenters. The third-order valence-electron chi connectivity index (χ3n) is 4.01. The summed E-state index contributed by atoms with van der Waals surface area (Å²) >= 11 is 0. The normalized spacial score (nSPS) is 18.8. The lowest BCUT2D eigenvalue weighted by Gasteiger charge is -2.22. The lowest BCUT2D eigenvalue weighted by molar-refractivity contribution is 0.0104. The van der Waals surface area contributed by atoms with Crippen LogP contribution in [-0.2, 0) is 11.2 Å². The van der Waals surface area contributed by atoms with E-state index in [9.17, 15) is 0 Å². The van der Waals surface area contributed by atoms with Crippen molar-refractivity contribution >= 4 is 5.96 Å². The van der Waals surface area contributed by atoms with Gasteiger partial charge in [-0.25, -0.2) is 0 Å². The first-order chi connectivity index (χ1) is 11.4. The SMILES string of the molecule is CCCN=C(NCCCC1CCCCO1)NCCc1ccco1. The number of rotatable bonds is 9. The highest BCUT2D eigenvalue weighted by Gasteiger charge is 2.12. The molecule has 5 heteroatoms. The van der Waals surface area contributed by atoms with Gasteiger partial charge in [0, 0.05) is 32.7 Å². The van der Waals surface area contributed by atoms with Gasteiger partial charge < -0.3 is 19.8 Å². The highest BCUT2D eigenvalue weighted by Crippen LogP contribution is 2.16. The highest BCUT2D eigenvalue weighted by molar-refractivity contribution is 5.79. The molecule has 0 radical (unpaired) electrons. The van der Waals surface area contributed by atoms with Crippen molar-refractivity contribution in [1.29, 1.82) is 0 Å². The van der Waals surface area contributed by atoms with E-state index < -0.39 is 0 Å². The molecule has 1 atom stereocenters. The first-order valence-electron chi connectivity index (χ1n) is 9.04. The zero-order chi connectivity index (χ0) is 16.2. The second-order valence-electron chi connectivity index (χ2n) is 6.04. The number of aliphatic imine (C=N–C) groups is 1. The molecule has 0 bridgehead atoms. The molecule has 1 aliphatic rings. The van der Waals surface area contributed by atoms with E-state index in [2.05, 4.69) is 22.5 Å². The van der Waals surface area contributed by atoms with Crippen molar-refractivity contribution in [2.75, 3.05) is 26.2 Å². The summed E-state index contributed by atoms with van der Waals surface area (Å²) in [5.41, 5.74) is 0. The number of hydrogen-bond acceptors (Lipinski definition) is 3. The van der Waals surface area contributed by atoms with Gasteiger partial charge in [-0.05, 0) is 50.7 Å². The highest BCUT2D eigenvalue weighted by atomic mass is 16.5. The van der Waals surface area contributed by atoms with Gasteiger partial charge in [0.25, 0.3) is 0 Å². The minimum atomic E-state index is 0.466. The van der Waals surface area contributed by atoms with Gasteiger partial charge in [0.1, 0.15) is 5.76 Å². The van der Waals surface area contributed by atoms with Crippen molar-refractivity contribution in [3.63, 3.8) is 0 Å². The Morgan fingerprint density at radius 2 is 2.22 bits per heavy atom. The number of nitrogens with zero attached hydrogens (tertiary/aromatic N) is 1. The molecule has 1 fully saturated rings. The van der Waals surface area contributed by atoms with Gasteiger partial charge in [-0.3, -0.25) is 4.99 Å². The van der Waals surface area contributed by atoms with Gasteiger partial charge in [-0.2, -0.15) is 0 Å². The van der Waals surface area contributed by atoms with Crippen LogP contribution in [0.1, 0.15) is 51.2 Å². The standard InChI is InChI=1S/C18H31N3O2/c1-2-11-19-18(21-13-10-17-9-6-15-23-17)20-12-5-8-16-7-3-4-14-22-16/h6,9,15-16H,2-5,7-8,10-14H2,1H3,(H2,19,20,21). The Kier molecular flexibility index (Phi) is 8.62. The molecule has 0 aliphatic carbocycles. The summed E-state index contributed by atoms with van der Waals surface area (Å²) in [6.07, 6.45) is 10.1. The summed E-state index contributed by atoms with van der Waals surface area (Å²) in [5, 5.41) is 6.81. The molecule has 0 spiro atoms. The molecule has 2 heterocycles. The maximum atomic E-state index is 5.77. The minimum Gasteiger partial charge on any atom is -0.469 e. The van der Waals surface area contributed by atoms with Crippen molar-refractivity contribution in [3.05, 3.63) is 24.2 Å². The Morgan fingerprint density at radius 3 is 2.96 bits per heavy atom. The zero-order valence-corrected chi connectivity index (χ0v) is 14.4. The van der Waals surface area contributed by atoms with Crippen molar-refractivity contribution in [1.82, 2.24) is 10.6 Å². The van der Waals surface area contributed by atoms with Crippen molar-refractivity contribution < 1.29 is 9.15 Å². The largest absolute Gasteiger partial charge is 0.469 e. The van der Waals surface area contributed by atoms with E-state index in [0.29, 0.717) is 6.10 Å². The molecular formula is C18H31N3O2. The van der Waals surface area contributed by atoms with Crippen LogP contribution in [0.3, 0.4) is 0 Å². The van der Waals surface area contributed by atoms with Gasteiger partial charge in [0.15, 0.2) is 5.96 Å². The molecule has 1 aromatic rings. The van der Waals surface area contributed by atoms with Crippen molar-refractivity contribution in [2.45, 2.75) is 58.0 Å². The van der Waals surface area contributed by atoms with Crippen LogP contribution in [0.15, 0.2) is 27.8 Å². The number of ether oxygens (including phenoxy) is 1. The lowest BCUT2D eigenvalue weighted by atomic mass is 10.0. The molecule has 0 saturated carbocycles. The van der Waals surface area contributed by atoms with Crippen LogP contribution in [0.4, 0.5) is 0 Å². The number of furan rings is 1. The molecule has 2 rings (SSSR count). The predicted octanol–water partition coefficient (Wildman–Crippen LogP) is 3.12. The van der Waals surface area contributed by atoms with Crippen LogP contribution in [0.2, 0.25) is 0 Å². The zero-order valence-electron chi connectivity index (χ0n) is 14.4. The van der Waals surface area contributed by atoms with Gasteiger partial charge in [0.2, 0.25) is 0 Å². The Bertz CT molecular complexity index is 425. The number of nitrogens with one attached hydrogen (secondary N) is 2. The molecule has 5 nitrogen and oxygen atoms in total. The van der Waals surface area contributed by atoms with E-state index in [1.54, 1.807) is 6.26 Å². The Balaban J connectivity index is 1.61. The van der Waals surface area contributed by atoms with Crippen LogP contribution < -0.4 is 10.6 Å². The second kappa shape index (κ2) is 11.1. The fourth-order valence-corrected chi connectivity index (χ4v) is 2.73. The van der Waals surface area contributed by atoms with E-state index in [1.165, 1.54) is 19.3 Å². The second-order valence-corrected chi connectivity index (χ2v) is 6.04. The summed E-state index contributed by atoms with van der Waals surface area (Å²) in [6, 6.07) is 3.93. The molecule has 130 valence electrons. The van der Waals surface area contributed by atoms with Crippen LogP contribution in [-0.4, -0.2) is 38.3 Å². The number of guanidine groups is 1. The smallest absolute Gasteiger partial charge is 0.191 e. The minimum absolute atomic E-state index is 0.466. The average Bonchev–Trinajstić information content (AvgIpc) is 3.10. The molecule has 23 heavy (non-hydrogen) atoms. The van der Waals surface area contributed by atoms with Gasteiger partial charge in [-0.15, -0.1) is 0 Å². The van der Waals surface area contributed by atoms with Crippen LogP contribution >= 0.6 is 0 Å². The molecule has 1 aliphatic heterocycles. The first-order valence-corrected chi connectivity index (χ1v) is 9.04.